The summed E-state index contributed by atoms with van der Waals surface area (Å²) in [6, 6.07) is 0.604. The maximum atomic E-state index is 14.0. The number of amides is 2. The molecule has 2 aliphatic rings. The molecule has 0 radical (unpaired) electrons. The van der Waals surface area contributed by atoms with Gasteiger partial charge in [-0.2, -0.15) is 13.9 Å². The Morgan fingerprint density at radius 1 is 1.52 bits per heavy atom. The molecule has 2 amide bonds. The SMILES string of the molecule is Cn1ccc(N2CCC(NC(=O)C(F)(F)C3(O)CCC3)C2=O)n1. The number of carbonyl (C=O) groups excluding carboxylic acids is 2. The van der Waals surface area contributed by atoms with Gasteiger partial charge in [0.05, 0.1) is 0 Å². The minimum Gasteiger partial charge on any atom is -0.383 e. The number of halogens is 2. The van der Waals surface area contributed by atoms with Crippen molar-refractivity contribution in [2.45, 2.75) is 43.2 Å². The molecule has 1 aliphatic heterocycles. The van der Waals surface area contributed by atoms with Crippen LogP contribution in [-0.4, -0.2) is 50.8 Å². The van der Waals surface area contributed by atoms with Crippen molar-refractivity contribution in [3.63, 3.8) is 0 Å². The molecule has 23 heavy (non-hydrogen) atoms. The molecule has 0 spiro atoms. The number of rotatable bonds is 4. The van der Waals surface area contributed by atoms with Gasteiger partial charge in [-0.15, -0.1) is 0 Å². The maximum Gasteiger partial charge on any atom is 0.352 e. The van der Waals surface area contributed by atoms with Gasteiger partial charge in [-0.1, -0.05) is 0 Å². The second-order valence-electron chi connectivity index (χ2n) is 6.11. The zero-order valence-electron chi connectivity index (χ0n) is 12.6. The van der Waals surface area contributed by atoms with Gasteiger partial charge in [0.2, 0.25) is 0 Å². The minimum atomic E-state index is -3.90. The Morgan fingerprint density at radius 3 is 2.74 bits per heavy atom. The molecule has 1 saturated heterocycles. The van der Waals surface area contributed by atoms with Crippen LogP contribution in [0, 0.1) is 0 Å². The Bertz CT molecular complexity index is 642. The number of nitrogens with zero attached hydrogens (tertiary/aromatic N) is 3. The van der Waals surface area contributed by atoms with E-state index in [1.807, 2.05) is 0 Å². The highest BCUT2D eigenvalue weighted by molar-refractivity contribution is 6.01. The summed E-state index contributed by atoms with van der Waals surface area (Å²) < 4.78 is 29.6. The van der Waals surface area contributed by atoms with Crippen LogP contribution in [0.4, 0.5) is 14.6 Å². The van der Waals surface area contributed by atoms with E-state index in [1.165, 1.54) is 9.58 Å². The lowest BCUT2D eigenvalue weighted by Crippen LogP contribution is -2.62. The lowest BCUT2D eigenvalue weighted by Gasteiger charge is -2.41. The van der Waals surface area contributed by atoms with Gasteiger partial charge in [0, 0.05) is 25.9 Å². The van der Waals surface area contributed by atoms with Gasteiger partial charge >= 0.3 is 5.92 Å². The predicted octanol–water partition coefficient (Wildman–Crippen LogP) is 0.192. The molecule has 2 heterocycles. The number of aryl methyl sites for hydroxylation is 1. The average Bonchev–Trinajstić information content (AvgIpc) is 3.03. The Kier molecular flexibility index (Phi) is 3.62. The number of anilines is 1. The molecular weight excluding hydrogens is 310 g/mol. The van der Waals surface area contributed by atoms with E-state index in [0.717, 1.165) is 0 Å². The van der Waals surface area contributed by atoms with E-state index in [0.29, 0.717) is 12.2 Å². The van der Waals surface area contributed by atoms with Crippen molar-refractivity contribution in [3.8, 4) is 0 Å². The quantitative estimate of drug-likeness (QED) is 0.826. The zero-order valence-corrected chi connectivity index (χ0v) is 12.6. The van der Waals surface area contributed by atoms with Crippen molar-refractivity contribution in [1.29, 1.82) is 0 Å². The summed E-state index contributed by atoms with van der Waals surface area (Å²) in [4.78, 5) is 25.5. The molecule has 1 aliphatic carbocycles. The molecule has 1 aromatic rings. The fourth-order valence-electron chi connectivity index (χ4n) is 2.87. The van der Waals surface area contributed by atoms with E-state index in [9.17, 15) is 23.5 Å². The van der Waals surface area contributed by atoms with Crippen molar-refractivity contribution in [2.75, 3.05) is 11.4 Å². The molecule has 0 aromatic carbocycles. The summed E-state index contributed by atoms with van der Waals surface area (Å²) in [5, 5.41) is 15.9. The first kappa shape index (κ1) is 15.9. The first-order valence-electron chi connectivity index (χ1n) is 7.47. The number of hydrogen-bond donors (Lipinski definition) is 2. The molecule has 0 bridgehead atoms. The van der Waals surface area contributed by atoms with Crippen molar-refractivity contribution >= 4 is 17.6 Å². The van der Waals surface area contributed by atoms with E-state index >= 15 is 0 Å². The third-order valence-electron chi connectivity index (χ3n) is 4.54. The summed E-state index contributed by atoms with van der Waals surface area (Å²) in [5.41, 5.74) is -2.29. The number of nitrogens with one attached hydrogen (secondary N) is 1. The highest BCUT2D eigenvalue weighted by atomic mass is 19.3. The van der Waals surface area contributed by atoms with E-state index in [-0.39, 0.29) is 25.8 Å². The second-order valence-corrected chi connectivity index (χ2v) is 6.11. The summed E-state index contributed by atoms with van der Waals surface area (Å²) in [5.74, 6) is -5.56. The Labute approximate surface area is 131 Å². The molecular formula is C14H18F2N4O3. The monoisotopic (exact) mass is 328 g/mol. The lowest BCUT2D eigenvalue weighted by atomic mass is 9.75. The minimum absolute atomic E-state index is 0.119. The Morgan fingerprint density at radius 2 is 2.22 bits per heavy atom. The zero-order chi connectivity index (χ0) is 16.8. The Balaban J connectivity index is 1.67. The van der Waals surface area contributed by atoms with Crippen LogP contribution in [0.25, 0.3) is 0 Å². The van der Waals surface area contributed by atoms with Gasteiger partial charge in [0.15, 0.2) is 5.82 Å². The molecule has 9 heteroatoms. The van der Waals surface area contributed by atoms with Crippen molar-refractivity contribution in [1.82, 2.24) is 15.1 Å². The van der Waals surface area contributed by atoms with Crippen molar-refractivity contribution in [3.05, 3.63) is 12.3 Å². The number of aromatic nitrogens is 2. The van der Waals surface area contributed by atoms with Crippen LogP contribution in [-0.2, 0) is 16.6 Å². The lowest BCUT2D eigenvalue weighted by molar-refractivity contribution is -0.216. The van der Waals surface area contributed by atoms with Crippen LogP contribution < -0.4 is 10.2 Å². The number of aliphatic hydroxyl groups is 1. The summed E-state index contributed by atoms with van der Waals surface area (Å²) in [6.07, 6.45) is 2.10. The van der Waals surface area contributed by atoms with E-state index in [4.69, 9.17) is 0 Å². The first-order valence-corrected chi connectivity index (χ1v) is 7.47. The van der Waals surface area contributed by atoms with Crippen LogP contribution in [0.2, 0.25) is 0 Å². The van der Waals surface area contributed by atoms with Crippen LogP contribution in [0.15, 0.2) is 12.3 Å². The number of carbonyl (C=O) groups is 2. The maximum absolute atomic E-state index is 14.0. The molecule has 126 valence electrons. The van der Waals surface area contributed by atoms with Gasteiger partial charge in [-0.05, 0) is 25.7 Å². The highest BCUT2D eigenvalue weighted by Gasteiger charge is 2.61. The second kappa shape index (κ2) is 5.26. The van der Waals surface area contributed by atoms with Crippen molar-refractivity contribution < 1.29 is 23.5 Å². The molecule has 1 aromatic heterocycles. The highest BCUT2D eigenvalue weighted by Crippen LogP contribution is 2.44. The molecule has 1 unspecified atom stereocenters. The Hall–Kier alpha value is -2.03. The largest absolute Gasteiger partial charge is 0.383 e. The topological polar surface area (TPSA) is 87.5 Å². The summed E-state index contributed by atoms with van der Waals surface area (Å²) in [7, 11) is 1.70. The van der Waals surface area contributed by atoms with Gasteiger partial charge < -0.3 is 10.4 Å². The summed E-state index contributed by atoms with van der Waals surface area (Å²) >= 11 is 0. The molecule has 3 rings (SSSR count). The normalized spacial score (nSPS) is 23.7. The van der Waals surface area contributed by atoms with E-state index < -0.39 is 29.4 Å². The fraction of sp³-hybridized carbons (Fsp3) is 0.643. The number of alkyl halides is 2. The molecule has 1 saturated carbocycles. The van der Waals surface area contributed by atoms with E-state index in [2.05, 4.69) is 10.4 Å². The summed E-state index contributed by atoms with van der Waals surface area (Å²) in [6.45, 7) is 0.288. The third-order valence-corrected chi connectivity index (χ3v) is 4.54. The van der Waals surface area contributed by atoms with Gasteiger partial charge in [-0.25, -0.2) is 0 Å². The van der Waals surface area contributed by atoms with Gasteiger partial charge in [0.25, 0.3) is 11.8 Å². The molecule has 2 fully saturated rings. The molecule has 1 atom stereocenters. The smallest absolute Gasteiger partial charge is 0.352 e. The molecule has 2 N–H and O–H groups in total. The van der Waals surface area contributed by atoms with Crippen LogP contribution in [0.3, 0.4) is 0 Å². The fourth-order valence-corrected chi connectivity index (χ4v) is 2.87. The molecule has 7 nitrogen and oxygen atoms in total. The number of hydrogen-bond acceptors (Lipinski definition) is 4. The first-order chi connectivity index (χ1) is 10.7. The third kappa shape index (κ3) is 2.48. The van der Waals surface area contributed by atoms with Crippen molar-refractivity contribution in [2.24, 2.45) is 7.05 Å². The van der Waals surface area contributed by atoms with Crippen LogP contribution >= 0.6 is 0 Å². The standard InChI is InChI=1S/C14H18F2N4O3/c1-19-7-4-10(18-19)20-8-3-9(11(20)21)17-12(22)14(15,16)13(23)5-2-6-13/h4,7,9,23H,2-3,5-6,8H2,1H3,(H,17,22). The van der Waals surface area contributed by atoms with Gasteiger partial charge in [-0.3, -0.25) is 19.2 Å². The average molecular weight is 328 g/mol. The predicted molar refractivity (Wildman–Crippen MR) is 75.9 cm³/mol. The van der Waals surface area contributed by atoms with Gasteiger partial charge in [0.1, 0.15) is 11.6 Å². The van der Waals surface area contributed by atoms with Crippen LogP contribution in [0.1, 0.15) is 25.7 Å². The van der Waals surface area contributed by atoms with Crippen LogP contribution in [0.5, 0.6) is 0 Å². The van der Waals surface area contributed by atoms with E-state index in [1.54, 1.807) is 19.3 Å².